The molecule has 0 aliphatic rings. The number of rotatable bonds is 6. The number of nitrogens with one attached hydrogen (secondary N) is 1. The standard InChI is InChI=1S/C19H25N3O/c1-14(2)22(3)13-16-8-6-7-15(11-16)12-21-19(23)17-9-4-5-10-18(17)20/h4-11,14H,12-13,20H2,1-3H3,(H,21,23). The fraction of sp³-hybridized carbons (Fsp3) is 0.316. The highest BCUT2D eigenvalue weighted by Crippen LogP contribution is 2.12. The molecule has 2 rings (SSSR count). The lowest BCUT2D eigenvalue weighted by Gasteiger charge is -2.21. The lowest BCUT2D eigenvalue weighted by molar-refractivity contribution is 0.0952. The number of nitrogens with two attached hydrogens (primary N) is 1. The van der Waals surface area contributed by atoms with Crippen LogP contribution in [-0.2, 0) is 13.1 Å². The third-order valence-corrected chi connectivity index (χ3v) is 3.96. The maximum Gasteiger partial charge on any atom is 0.253 e. The van der Waals surface area contributed by atoms with Gasteiger partial charge in [-0.2, -0.15) is 0 Å². The first-order chi connectivity index (χ1) is 11.0. The van der Waals surface area contributed by atoms with Crippen LogP contribution in [0.2, 0.25) is 0 Å². The molecule has 0 radical (unpaired) electrons. The Bertz CT molecular complexity index is 667. The van der Waals surface area contributed by atoms with Gasteiger partial charge in [-0.3, -0.25) is 9.69 Å². The Morgan fingerprint density at radius 2 is 1.83 bits per heavy atom. The lowest BCUT2D eigenvalue weighted by Crippen LogP contribution is -2.26. The zero-order chi connectivity index (χ0) is 16.8. The molecule has 0 saturated carbocycles. The molecule has 0 fully saturated rings. The summed E-state index contributed by atoms with van der Waals surface area (Å²) in [6, 6.07) is 15.9. The van der Waals surface area contributed by atoms with Crippen molar-refractivity contribution in [1.29, 1.82) is 0 Å². The number of benzene rings is 2. The number of anilines is 1. The van der Waals surface area contributed by atoms with Crippen LogP contribution < -0.4 is 11.1 Å². The molecular formula is C19H25N3O. The number of hydrogen-bond acceptors (Lipinski definition) is 3. The summed E-state index contributed by atoms with van der Waals surface area (Å²) in [4.78, 5) is 14.5. The quantitative estimate of drug-likeness (QED) is 0.806. The molecule has 122 valence electrons. The molecule has 4 heteroatoms. The average Bonchev–Trinajstić information content (AvgIpc) is 2.53. The van der Waals surface area contributed by atoms with Crippen LogP contribution in [-0.4, -0.2) is 23.9 Å². The van der Waals surface area contributed by atoms with Crippen molar-refractivity contribution in [1.82, 2.24) is 10.2 Å². The van der Waals surface area contributed by atoms with Gasteiger partial charge in [0.1, 0.15) is 0 Å². The number of nitrogens with zero attached hydrogens (tertiary/aromatic N) is 1. The number of para-hydroxylation sites is 1. The largest absolute Gasteiger partial charge is 0.398 e. The summed E-state index contributed by atoms with van der Waals surface area (Å²) in [6.07, 6.45) is 0. The van der Waals surface area contributed by atoms with Gasteiger partial charge >= 0.3 is 0 Å². The van der Waals surface area contributed by atoms with Gasteiger partial charge in [-0.15, -0.1) is 0 Å². The van der Waals surface area contributed by atoms with E-state index in [0.29, 0.717) is 23.8 Å². The summed E-state index contributed by atoms with van der Waals surface area (Å²) in [5, 5.41) is 2.93. The molecule has 0 saturated heterocycles. The van der Waals surface area contributed by atoms with Gasteiger partial charge in [-0.25, -0.2) is 0 Å². The highest BCUT2D eigenvalue weighted by molar-refractivity contribution is 5.98. The van der Waals surface area contributed by atoms with Crippen molar-refractivity contribution < 1.29 is 4.79 Å². The van der Waals surface area contributed by atoms with Crippen LogP contribution >= 0.6 is 0 Å². The third-order valence-electron chi connectivity index (χ3n) is 3.96. The van der Waals surface area contributed by atoms with E-state index in [1.807, 2.05) is 24.3 Å². The second-order valence-electron chi connectivity index (χ2n) is 6.10. The molecule has 4 nitrogen and oxygen atoms in total. The summed E-state index contributed by atoms with van der Waals surface area (Å²) in [6.45, 7) is 5.74. The van der Waals surface area contributed by atoms with E-state index in [0.717, 1.165) is 12.1 Å². The van der Waals surface area contributed by atoms with Crippen LogP contribution in [0.3, 0.4) is 0 Å². The third kappa shape index (κ3) is 4.83. The smallest absolute Gasteiger partial charge is 0.253 e. The first kappa shape index (κ1) is 17.0. The predicted molar refractivity (Wildman–Crippen MR) is 95.1 cm³/mol. The van der Waals surface area contributed by atoms with Gasteiger partial charge in [0.15, 0.2) is 0 Å². The van der Waals surface area contributed by atoms with Crippen molar-refractivity contribution >= 4 is 11.6 Å². The van der Waals surface area contributed by atoms with E-state index in [4.69, 9.17) is 5.73 Å². The molecule has 23 heavy (non-hydrogen) atoms. The fourth-order valence-electron chi connectivity index (χ4n) is 2.29. The highest BCUT2D eigenvalue weighted by atomic mass is 16.1. The molecular weight excluding hydrogens is 286 g/mol. The molecule has 3 N–H and O–H groups in total. The molecule has 0 aliphatic carbocycles. The molecule has 2 aromatic rings. The van der Waals surface area contributed by atoms with Gasteiger partial charge < -0.3 is 11.1 Å². The normalized spacial score (nSPS) is 11.0. The van der Waals surface area contributed by atoms with Crippen molar-refractivity contribution in [3.8, 4) is 0 Å². The zero-order valence-electron chi connectivity index (χ0n) is 14.0. The Morgan fingerprint density at radius 3 is 2.52 bits per heavy atom. The van der Waals surface area contributed by atoms with E-state index in [9.17, 15) is 4.79 Å². The molecule has 0 heterocycles. The molecule has 1 amide bonds. The van der Waals surface area contributed by atoms with Gasteiger partial charge in [0.25, 0.3) is 5.91 Å². The Balaban J connectivity index is 1.98. The lowest BCUT2D eigenvalue weighted by atomic mass is 10.1. The molecule has 0 aliphatic heterocycles. The predicted octanol–water partition coefficient (Wildman–Crippen LogP) is 3.04. The number of hydrogen-bond donors (Lipinski definition) is 2. The van der Waals surface area contributed by atoms with E-state index in [1.54, 1.807) is 12.1 Å². The molecule has 0 spiro atoms. The summed E-state index contributed by atoms with van der Waals surface area (Å²) in [5.74, 6) is -0.146. The summed E-state index contributed by atoms with van der Waals surface area (Å²) in [5.41, 5.74) is 9.17. The van der Waals surface area contributed by atoms with Crippen molar-refractivity contribution in [2.75, 3.05) is 12.8 Å². The topological polar surface area (TPSA) is 58.4 Å². The summed E-state index contributed by atoms with van der Waals surface area (Å²) < 4.78 is 0. The van der Waals surface area contributed by atoms with Gasteiger partial charge in [0.05, 0.1) is 5.56 Å². The second kappa shape index (κ2) is 7.79. The molecule has 0 bridgehead atoms. The zero-order valence-corrected chi connectivity index (χ0v) is 14.0. The number of nitrogen functional groups attached to an aromatic ring is 1. The molecule has 2 aromatic carbocycles. The van der Waals surface area contributed by atoms with Crippen LogP contribution in [0.5, 0.6) is 0 Å². The van der Waals surface area contributed by atoms with Gasteiger partial charge in [-0.1, -0.05) is 36.4 Å². The maximum absolute atomic E-state index is 12.2. The van der Waals surface area contributed by atoms with Crippen LogP contribution in [0.1, 0.15) is 35.3 Å². The molecule has 0 atom stereocenters. The number of amides is 1. The monoisotopic (exact) mass is 311 g/mol. The Morgan fingerprint density at radius 1 is 1.13 bits per heavy atom. The first-order valence-corrected chi connectivity index (χ1v) is 7.88. The van der Waals surface area contributed by atoms with Crippen molar-refractivity contribution in [2.24, 2.45) is 0 Å². The minimum Gasteiger partial charge on any atom is -0.398 e. The maximum atomic E-state index is 12.2. The van der Waals surface area contributed by atoms with Crippen molar-refractivity contribution in [3.63, 3.8) is 0 Å². The summed E-state index contributed by atoms with van der Waals surface area (Å²) in [7, 11) is 2.11. The van der Waals surface area contributed by atoms with E-state index < -0.39 is 0 Å². The van der Waals surface area contributed by atoms with E-state index in [1.165, 1.54) is 5.56 Å². The van der Waals surface area contributed by atoms with E-state index >= 15 is 0 Å². The average molecular weight is 311 g/mol. The van der Waals surface area contributed by atoms with E-state index in [-0.39, 0.29) is 5.91 Å². The first-order valence-electron chi connectivity index (χ1n) is 7.88. The minimum atomic E-state index is -0.146. The number of carbonyl (C=O) groups excluding carboxylic acids is 1. The van der Waals surface area contributed by atoms with Gasteiger partial charge in [0, 0.05) is 24.8 Å². The minimum absolute atomic E-state index is 0.146. The van der Waals surface area contributed by atoms with Crippen LogP contribution in [0.25, 0.3) is 0 Å². The SMILES string of the molecule is CC(C)N(C)Cc1cccc(CNC(=O)c2ccccc2N)c1. The second-order valence-corrected chi connectivity index (χ2v) is 6.10. The Kier molecular flexibility index (Phi) is 5.77. The summed E-state index contributed by atoms with van der Waals surface area (Å²) >= 11 is 0. The molecule has 0 aromatic heterocycles. The fourth-order valence-corrected chi connectivity index (χ4v) is 2.29. The van der Waals surface area contributed by atoms with Crippen LogP contribution in [0.15, 0.2) is 48.5 Å². The van der Waals surface area contributed by atoms with E-state index in [2.05, 4.69) is 43.2 Å². The van der Waals surface area contributed by atoms with Crippen molar-refractivity contribution in [2.45, 2.75) is 33.0 Å². The Labute approximate surface area is 138 Å². The molecule has 0 unspecified atom stereocenters. The highest BCUT2D eigenvalue weighted by Gasteiger charge is 2.09. The van der Waals surface area contributed by atoms with Gasteiger partial charge in [0.2, 0.25) is 0 Å². The Hall–Kier alpha value is -2.33. The number of carbonyl (C=O) groups is 1. The van der Waals surface area contributed by atoms with Gasteiger partial charge in [-0.05, 0) is 44.2 Å². The van der Waals surface area contributed by atoms with Crippen LogP contribution in [0.4, 0.5) is 5.69 Å². The van der Waals surface area contributed by atoms with Crippen LogP contribution in [0, 0.1) is 0 Å². The van der Waals surface area contributed by atoms with Crippen molar-refractivity contribution in [3.05, 3.63) is 65.2 Å².